The summed E-state index contributed by atoms with van der Waals surface area (Å²) in [6.07, 6.45) is 2.52. The van der Waals surface area contributed by atoms with Crippen molar-refractivity contribution in [3.8, 4) is 0 Å². The molecule has 4 heterocycles. The van der Waals surface area contributed by atoms with Crippen molar-refractivity contribution < 1.29 is 28.9 Å². The van der Waals surface area contributed by atoms with Crippen LogP contribution in [-0.4, -0.2) is 40.5 Å². The molecule has 136 valence electrons. The molecule has 0 radical (unpaired) electrons. The van der Waals surface area contributed by atoms with E-state index in [4.69, 9.17) is 14.2 Å². The second-order valence-corrected chi connectivity index (χ2v) is 8.37. The van der Waals surface area contributed by atoms with E-state index in [-0.39, 0.29) is 24.0 Å². The molecule has 2 bridgehead atoms. The van der Waals surface area contributed by atoms with Crippen LogP contribution in [0.15, 0.2) is 23.5 Å². The molecule has 0 spiro atoms. The van der Waals surface area contributed by atoms with Gasteiger partial charge in [0.15, 0.2) is 11.4 Å². The maximum atomic E-state index is 12.8. The van der Waals surface area contributed by atoms with E-state index in [1.54, 1.807) is 13.8 Å². The van der Waals surface area contributed by atoms with Crippen molar-refractivity contribution in [2.75, 3.05) is 0 Å². The summed E-state index contributed by atoms with van der Waals surface area (Å²) in [5.74, 6) is -2.41. The van der Waals surface area contributed by atoms with Crippen LogP contribution in [0.5, 0.6) is 0 Å². The smallest absolute Gasteiger partial charge is 0.318 e. The van der Waals surface area contributed by atoms with Crippen LogP contribution in [0.3, 0.4) is 0 Å². The third-order valence-corrected chi connectivity index (χ3v) is 6.46. The lowest BCUT2D eigenvalue weighted by Gasteiger charge is -2.37. The summed E-state index contributed by atoms with van der Waals surface area (Å²) in [6, 6.07) is 0. The van der Waals surface area contributed by atoms with Crippen LogP contribution in [0.4, 0.5) is 0 Å². The summed E-state index contributed by atoms with van der Waals surface area (Å²) >= 11 is 0. The number of aliphatic hydroxyl groups is 1. The highest BCUT2D eigenvalue weighted by Crippen LogP contribution is 2.60. The van der Waals surface area contributed by atoms with E-state index in [0.717, 1.165) is 5.57 Å². The second-order valence-electron chi connectivity index (χ2n) is 8.37. The van der Waals surface area contributed by atoms with Crippen molar-refractivity contribution in [3.05, 3.63) is 23.5 Å². The van der Waals surface area contributed by atoms with E-state index < -0.39 is 35.0 Å². The molecule has 6 nitrogen and oxygen atoms in total. The maximum absolute atomic E-state index is 12.8. The minimum atomic E-state index is -1.65. The fourth-order valence-corrected chi connectivity index (χ4v) is 4.86. The SMILES string of the molecule is C/C1=C\[C@H]2OC(=O)[C@]3(C)[C@H]2[C@@H](C[C@@]2(C)OC1=CC2=O)O[C@]3(O)C(C)C. The highest BCUT2D eigenvalue weighted by atomic mass is 16.7. The number of esters is 1. The zero-order valence-electron chi connectivity index (χ0n) is 15.2. The average Bonchev–Trinajstić information content (AvgIpc) is 3.03. The van der Waals surface area contributed by atoms with Crippen LogP contribution in [0.25, 0.3) is 0 Å². The predicted octanol–water partition coefficient (Wildman–Crippen LogP) is 1.87. The summed E-state index contributed by atoms with van der Waals surface area (Å²) in [6.45, 7) is 8.91. The Balaban J connectivity index is 1.89. The molecule has 4 rings (SSSR count). The van der Waals surface area contributed by atoms with E-state index in [1.807, 2.05) is 26.8 Å². The Morgan fingerprint density at radius 2 is 1.96 bits per heavy atom. The van der Waals surface area contributed by atoms with Crippen LogP contribution in [0.1, 0.15) is 41.0 Å². The molecule has 2 saturated heterocycles. The van der Waals surface area contributed by atoms with Crippen LogP contribution in [-0.2, 0) is 23.8 Å². The molecule has 0 aliphatic carbocycles. The van der Waals surface area contributed by atoms with E-state index in [0.29, 0.717) is 5.76 Å². The van der Waals surface area contributed by atoms with Gasteiger partial charge in [-0.05, 0) is 32.4 Å². The van der Waals surface area contributed by atoms with Gasteiger partial charge in [0.25, 0.3) is 0 Å². The highest BCUT2D eigenvalue weighted by molar-refractivity contribution is 6.00. The Morgan fingerprint density at radius 1 is 1.28 bits per heavy atom. The number of carbonyl (C=O) groups excluding carboxylic acids is 2. The number of hydrogen-bond acceptors (Lipinski definition) is 6. The largest absolute Gasteiger partial charge is 0.479 e. The lowest BCUT2D eigenvalue weighted by Crippen LogP contribution is -2.52. The molecule has 0 aromatic heterocycles. The Bertz CT molecular complexity index is 736. The summed E-state index contributed by atoms with van der Waals surface area (Å²) in [7, 11) is 0. The zero-order valence-corrected chi connectivity index (χ0v) is 15.2. The standard InChI is InChI=1S/C19H24O6/c1-9(2)19(22)18(5)15-12(23-16(18)21)6-10(3)11-7-14(20)17(4,24-11)8-13(15)25-19/h6-7,9,12-13,15,22H,8H2,1-5H3/b10-6+/t12-,13-,15-,17-,18+,19-/m1/s1. The van der Waals surface area contributed by atoms with Gasteiger partial charge in [0, 0.05) is 24.3 Å². The Kier molecular flexibility index (Phi) is 3.18. The number of hydrogen-bond donors (Lipinski definition) is 1. The first-order valence-electron chi connectivity index (χ1n) is 8.78. The molecule has 6 heteroatoms. The van der Waals surface area contributed by atoms with Gasteiger partial charge in [-0.15, -0.1) is 0 Å². The third kappa shape index (κ3) is 1.87. The summed E-state index contributed by atoms with van der Waals surface area (Å²) in [4.78, 5) is 25.3. The molecular formula is C19H24O6. The number of carbonyl (C=O) groups is 2. The Labute approximate surface area is 146 Å². The summed E-state index contributed by atoms with van der Waals surface area (Å²) in [5, 5.41) is 11.3. The third-order valence-electron chi connectivity index (χ3n) is 6.46. The van der Waals surface area contributed by atoms with Gasteiger partial charge < -0.3 is 19.3 Å². The van der Waals surface area contributed by atoms with E-state index in [2.05, 4.69) is 0 Å². The fraction of sp³-hybridized carbons (Fsp3) is 0.684. The first-order valence-corrected chi connectivity index (χ1v) is 8.78. The molecule has 0 unspecified atom stereocenters. The lowest BCUT2D eigenvalue weighted by molar-refractivity contribution is -0.264. The fourth-order valence-electron chi connectivity index (χ4n) is 4.86. The van der Waals surface area contributed by atoms with E-state index in [9.17, 15) is 14.7 Å². The van der Waals surface area contributed by atoms with Crippen molar-refractivity contribution >= 4 is 11.8 Å². The summed E-state index contributed by atoms with van der Waals surface area (Å²) < 4.78 is 17.7. The molecule has 2 fully saturated rings. The number of ketones is 1. The maximum Gasteiger partial charge on any atom is 0.318 e. The number of rotatable bonds is 1. The topological polar surface area (TPSA) is 82.1 Å². The first kappa shape index (κ1) is 16.8. The van der Waals surface area contributed by atoms with Crippen LogP contribution in [0.2, 0.25) is 0 Å². The quantitative estimate of drug-likeness (QED) is 0.729. The van der Waals surface area contributed by atoms with Crippen LogP contribution in [0, 0.1) is 17.3 Å². The van der Waals surface area contributed by atoms with Gasteiger partial charge in [0.05, 0.1) is 6.10 Å². The number of allylic oxidation sites excluding steroid dienone is 1. The first-order chi connectivity index (χ1) is 11.5. The molecule has 0 aromatic rings. The van der Waals surface area contributed by atoms with Crippen molar-refractivity contribution in [3.63, 3.8) is 0 Å². The molecule has 4 aliphatic rings. The van der Waals surface area contributed by atoms with Gasteiger partial charge in [0.1, 0.15) is 17.3 Å². The van der Waals surface area contributed by atoms with E-state index in [1.165, 1.54) is 6.08 Å². The molecule has 25 heavy (non-hydrogen) atoms. The minimum Gasteiger partial charge on any atom is -0.479 e. The van der Waals surface area contributed by atoms with Crippen molar-refractivity contribution in [1.82, 2.24) is 0 Å². The van der Waals surface area contributed by atoms with Gasteiger partial charge in [0.2, 0.25) is 5.78 Å². The lowest BCUT2D eigenvalue weighted by atomic mass is 9.66. The summed E-state index contributed by atoms with van der Waals surface area (Å²) in [5.41, 5.74) is -1.50. The van der Waals surface area contributed by atoms with Crippen LogP contribution >= 0.6 is 0 Å². The molecule has 0 amide bonds. The molecule has 6 atom stereocenters. The van der Waals surface area contributed by atoms with Gasteiger partial charge in [-0.3, -0.25) is 9.59 Å². The normalized spacial score (nSPS) is 50.3. The van der Waals surface area contributed by atoms with Crippen molar-refractivity contribution in [2.45, 2.75) is 64.6 Å². The molecular weight excluding hydrogens is 324 g/mol. The second kappa shape index (κ2) is 4.74. The Hall–Kier alpha value is -1.66. The molecule has 0 aromatic carbocycles. The van der Waals surface area contributed by atoms with Gasteiger partial charge in [-0.25, -0.2) is 0 Å². The van der Waals surface area contributed by atoms with Crippen molar-refractivity contribution in [1.29, 1.82) is 0 Å². The van der Waals surface area contributed by atoms with Gasteiger partial charge >= 0.3 is 5.97 Å². The number of fused-ring (bicyclic) bond motifs is 2. The zero-order chi connectivity index (χ0) is 18.4. The van der Waals surface area contributed by atoms with E-state index >= 15 is 0 Å². The van der Waals surface area contributed by atoms with Gasteiger partial charge in [-0.2, -0.15) is 0 Å². The van der Waals surface area contributed by atoms with Crippen molar-refractivity contribution in [2.24, 2.45) is 17.3 Å². The monoisotopic (exact) mass is 348 g/mol. The highest BCUT2D eigenvalue weighted by Gasteiger charge is 2.74. The van der Waals surface area contributed by atoms with Crippen LogP contribution < -0.4 is 0 Å². The minimum absolute atomic E-state index is 0.121. The molecule has 0 saturated carbocycles. The predicted molar refractivity (Wildman–Crippen MR) is 87.1 cm³/mol. The average molecular weight is 348 g/mol. The number of ether oxygens (including phenoxy) is 3. The van der Waals surface area contributed by atoms with Gasteiger partial charge in [-0.1, -0.05) is 13.8 Å². The molecule has 1 N–H and O–H groups in total. The molecule has 4 aliphatic heterocycles. The Morgan fingerprint density at radius 3 is 2.60 bits per heavy atom.